The van der Waals surface area contributed by atoms with Crippen LogP contribution in [0.25, 0.3) is 0 Å². The zero-order valence-electron chi connectivity index (χ0n) is 19.8. The summed E-state index contributed by atoms with van der Waals surface area (Å²) in [5.74, 6) is 1.38. The van der Waals surface area contributed by atoms with Crippen molar-refractivity contribution < 1.29 is 18.9 Å². The van der Waals surface area contributed by atoms with Gasteiger partial charge in [0.15, 0.2) is 5.78 Å². The number of rotatable bonds is 8. The number of amides is 1. The number of halogens is 1. The van der Waals surface area contributed by atoms with E-state index in [2.05, 4.69) is 55.9 Å². The van der Waals surface area contributed by atoms with Crippen LogP contribution < -0.4 is 5.32 Å². The van der Waals surface area contributed by atoms with Crippen LogP contribution in [0.5, 0.6) is 0 Å². The summed E-state index contributed by atoms with van der Waals surface area (Å²) in [6.45, 7) is 11.3. The van der Waals surface area contributed by atoms with E-state index >= 15 is 0 Å². The first-order chi connectivity index (χ1) is 15.0. The number of Topliss-reactive ketones (excluding diaryl/α,β-unsaturated/α-hetero) is 1. The van der Waals surface area contributed by atoms with Crippen LogP contribution in [0.3, 0.4) is 0 Å². The van der Waals surface area contributed by atoms with Gasteiger partial charge in [0.2, 0.25) is 0 Å². The van der Waals surface area contributed by atoms with Gasteiger partial charge < -0.3 is 14.6 Å². The second kappa shape index (κ2) is 8.88. The first-order valence-electron chi connectivity index (χ1n) is 11.9. The van der Waals surface area contributed by atoms with Crippen molar-refractivity contribution >= 4 is 34.7 Å². The molecule has 4 fully saturated rings. The normalized spacial score (nSPS) is 31.1. The molecule has 1 N–H and O–H groups in total. The summed E-state index contributed by atoms with van der Waals surface area (Å²) in [6, 6.07) is 7.21. The predicted octanol–water partition coefficient (Wildman–Crippen LogP) is 5.28. The van der Waals surface area contributed by atoms with E-state index in [0.717, 1.165) is 12.8 Å². The van der Waals surface area contributed by atoms with Crippen LogP contribution in [-0.4, -0.2) is 37.1 Å². The summed E-state index contributed by atoms with van der Waals surface area (Å²) in [7, 11) is -0.356. The second-order valence-electron chi connectivity index (χ2n) is 11.1. The first kappa shape index (κ1) is 24.0. The van der Waals surface area contributed by atoms with Crippen LogP contribution in [-0.2, 0) is 14.1 Å². The van der Waals surface area contributed by atoms with Gasteiger partial charge in [-0.2, -0.15) is 0 Å². The third-order valence-electron chi connectivity index (χ3n) is 8.18. The Balaban J connectivity index is 1.38. The lowest BCUT2D eigenvalue weighted by atomic mass is 9.43. The van der Waals surface area contributed by atoms with E-state index in [-0.39, 0.29) is 42.9 Å². The van der Waals surface area contributed by atoms with Gasteiger partial charge in [0, 0.05) is 16.7 Å². The van der Waals surface area contributed by atoms with E-state index in [1.165, 1.54) is 6.42 Å². The van der Waals surface area contributed by atoms with Crippen molar-refractivity contribution in [3.8, 4) is 0 Å². The van der Waals surface area contributed by atoms with E-state index in [0.29, 0.717) is 39.6 Å². The van der Waals surface area contributed by atoms with Crippen LogP contribution >= 0.6 is 15.9 Å². The molecule has 0 unspecified atom stereocenters. The molecule has 0 aromatic heterocycles. The quantitative estimate of drug-likeness (QED) is 0.490. The maximum absolute atomic E-state index is 12.8. The number of ketones is 1. The fraction of sp³-hybridized carbons (Fsp3) is 0.680. The van der Waals surface area contributed by atoms with E-state index < -0.39 is 0 Å². The molecule has 4 aliphatic rings. The lowest BCUT2D eigenvalue weighted by Gasteiger charge is -2.64. The van der Waals surface area contributed by atoms with E-state index in [1.54, 1.807) is 12.1 Å². The Morgan fingerprint density at radius 3 is 2.59 bits per heavy atom. The van der Waals surface area contributed by atoms with Gasteiger partial charge in [-0.3, -0.25) is 9.59 Å². The highest BCUT2D eigenvalue weighted by Crippen LogP contribution is 2.66. The Bertz CT molecular complexity index is 890. The standard InChI is InChI=1S/C25H35BBrNO4/c1-15(2)10-17(13-18(29)14-28-23(30)19-8-6-7-9-20(19)27)26-31-22-12-16-11-21(24(16,3)4)25(22,5)32-26/h6-9,15-17,21-22H,10-14H2,1-5H3,(H,28,30)/t16-,17-,21-,22-,25+/m1/s1. The molecule has 3 saturated carbocycles. The van der Waals surface area contributed by atoms with Crippen molar-refractivity contribution in [1.82, 2.24) is 5.32 Å². The summed E-state index contributed by atoms with van der Waals surface area (Å²) in [6.07, 6.45) is 3.57. The molecule has 5 atom stereocenters. The van der Waals surface area contributed by atoms with Crippen molar-refractivity contribution in [3.05, 3.63) is 34.3 Å². The number of hydrogen-bond donors (Lipinski definition) is 1. The highest BCUT2D eigenvalue weighted by Gasteiger charge is 2.68. The molecule has 5 rings (SSSR count). The van der Waals surface area contributed by atoms with Gasteiger partial charge >= 0.3 is 7.12 Å². The average Bonchev–Trinajstić information content (AvgIpc) is 3.08. The highest BCUT2D eigenvalue weighted by atomic mass is 79.9. The Kier molecular flexibility index (Phi) is 6.65. The molecule has 1 aromatic rings. The minimum absolute atomic E-state index is 0.00732. The average molecular weight is 504 g/mol. The topological polar surface area (TPSA) is 64.6 Å². The van der Waals surface area contributed by atoms with Crippen molar-refractivity contribution in [2.24, 2.45) is 23.2 Å². The van der Waals surface area contributed by atoms with Crippen LogP contribution in [0.1, 0.15) is 70.7 Å². The molecule has 1 heterocycles. The van der Waals surface area contributed by atoms with Crippen LogP contribution in [0, 0.1) is 23.2 Å². The SMILES string of the molecule is CC(C)C[C@H](CC(=O)CNC(=O)c1ccccc1Br)B1O[C@@H]2C[C@H]3C[C@H](C3(C)C)[C@]2(C)O1. The lowest BCUT2D eigenvalue weighted by molar-refractivity contribution is -0.199. The maximum Gasteiger partial charge on any atom is 0.461 e. The summed E-state index contributed by atoms with van der Waals surface area (Å²) < 4.78 is 13.8. The van der Waals surface area contributed by atoms with Gasteiger partial charge in [-0.15, -0.1) is 0 Å². The molecule has 5 nitrogen and oxygen atoms in total. The summed E-state index contributed by atoms with van der Waals surface area (Å²) >= 11 is 3.39. The maximum atomic E-state index is 12.8. The number of carbonyl (C=O) groups is 2. The van der Waals surface area contributed by atoms with Crippen LogP contribution in [0.15, 0.2) is 28.7 Å². The molecule has 3 aliphatic carbocycles. The molecular formula is C25H35BBrNO4. The number of benzene rings is 1. The number of hydrogen-bond acceptors (Lipinski definition) is 4. The number of nitrogens with one attached hydrogen (secondary N) is 1. The third-order valence-corrected chi connectivity index (χ3v) is 8.87. The van der Waals surface area contributed by atoms with E-state index in [4.69, 9.17) is 9.31 Å². The smallest absolute Gasteiger partial charge is 0.405 e. The zero-order valence-corrected chi connectivity index (χ0v) is 21.4. The molecular weight excluding hydrogens is 469 g/mol. The van der Waals surface area contributed by atoms with Crippen molar-refractivity contribution in [2.75, 3.05) is 6.54 Å². The van der Waals surface area contributed by atoms with Crippen molar-refractivity contribution in [3.63, 3.8) is 0 Å². The molecule has 0 spiro atoms. The Hall–Kier alpha value is -1.18. The molecule has 174 valence electrons. The van der Waals surface area contributed by atoms with Crippen LogP contribution in [0.4, 0.5) is 0 Å². The summed E-state index contributed by atoms with van der Waals surface area (Å²) in [5.41, 5.74) is 0.554. The molecule has 1 saturated heterocycles. The lowest BCUT2D eigenvalue weighted by Crippen LogP contribution is -2.65. The molecule has 1 amide bonds. The predicted molar refractivity (Wildman–Crippen MR) is 129 cm³/mol. The Morgan fingerprint density at radius 1 is 1.22 bits per heavy atom. The van der Waals surface area contributed by atoms with Gasteiger partial charge in [0.05, 0.1) is 23.8 Å². The highest BCUT2D eigenvalue weighted by molar-refractivity contribution is 9.10. The van der Waals surface area contributed by atoms with Gasteiger partial charge in [0.1, 0.15) is 0 Å². The zero-order chi connectivity index (χ0) is 23.3. The van der Waals surface area contributed by atoms with Crippen molar-refractivity contribution in [2.45, 2.75) is 77.8 Å². The molecule has 2 bridgehead atoms. The Labute approximate surface area is 200 Å². The fourth-order valence-electron chi connectivity index (χ4n) is 6.28. The Morgan fingerprint density at radius 2 is 1.94 bits per heavy atom. The monoisotopic (exact) mass is 503 g/mol. The molecule has 32 heavy (non-hydrogen) atoms. The fourth-order valence-corrected chi connectivity index (χ4v) is 6.75. The van der Waals surface area contributed by atoms with Gasteiger partial charge in [0.25, 0.3) is 5.91 Å². The second-order valence-corrected chi connectivity index (χ2v) is 12.0. The van der Waals surface area contributed by atoms with Crippen LogP contribution in [0.2, 0.25) is 5.82 Å². The molecule has 0 radical (unpaired) electrons. The van der Waals surface area contributed by atoms with E-state index in [1.807, 2.05) is 12.1 Å². The minimum Gasteiger partial charge on any atom is -0.405 e. The molecule has 7 heteroatoms. The van der Waals surface area contributed by atoms with E-state index in [9.17, 15) is 9.59 Å². The first-order valence-corrected chi connectivity index (χ1v) is 12.7. The molecule has 1 aliphatic heterocycles. The van der Waals surface area contributed by atoms with Gasteiger partial charge in [-0.05, 0) is 77.4 Å². The van der Waals surface area contributed by atoms with Crippen molar-refractivity contribution in [1.29, 1.82) is 0 Å². The van der Waals surface area contributed by atoms with Gasteiger partial charge in [-0.25, -0.2) is 0 Å². The molecule has 1 aromatic carbocycles. The summed E-state index contributed by atoms with van der Waals surface area (Å²) in [4.78, 5) is 25.3. The minimum atomic E-state index is -0.356. The third kappa shape index (κ3) is 4.33. The van der Waals surface area contributed by atoms with Gasteiger partial charge in [-0.1, -0.05) is 39.8 Å². The summed E-state index contributed by atoms with van der Waals surface area (Å²) in [5, 5.41) is 2.77. The largest absolute Gasteiger partial charge is 0.461 e. The number of carbonyl (C=O) groups excluding carboxylic acids is 2.